The number of phenols is 1. The molecule has 0 heterocycles. The second-order valence-corrected chi connectivity index (χ2v) is 5.39. The summed E-state index contributed by atoms with van der Waals surface area (Å²) in [6, 6.07) is 4.65. The molecule has 0 spiro atoms. The predicted molar refractivity (Wildman–Crippen MR) is 90.5 cm³/mol. The Morgan fingerprint density at radius 3 is 1.78 bits per heavy atom. The number of carbonyl (C=O) groups excluding carboxylic acids is 4. The van der Waals surface area contributed by atoms with Crippen molar-refractivity contribution in [3.8, 4) is 5.75 Å². The lowest BCUT2D eigenvalue weighted by Crippen LogP contribution is -2.36. The SMILES string of the molecule is CC(=O)OCOC(=O)CN(CC(=O)OCOC(C)=O)c1ccc(C)cc1O. The Labute approximate surface area is 155 Å². The summed E-state index contributed by atoms with van der Waals surface area (Å²) in [6.07, 6.45) is 0. The van der Waals surface area contributed by atoms with Gasteiger partial charge in [0.15, 0.2) is 0 Å². The molecule has 0 atom stereocenters. The Morgan fingerprint density at radius 2 is 1.37 bits per heavy atom. The molecule has 148 valence electrons. The highest BCUT2D eigenvalue weighted by Crippen LogP contribution is 2.28. The molecule has 0 bridgehead atoms. The van der Waals surface area contributed by atoms with Crippen LogP contribution in [0.15, 0.2) is 18.2 Å². The lowest BCUT2D eigenvalue weighted by Gasteiger charge is -2.23. The third-order valence-corrected chi connectivity index (χ3v) is 3.08. The topological polar surface area (TPSA) is 129 Å². The zero-order valence-electron chi connectivity index (χ0n) is 15.2. The Balaban J connectivity index is 2.79. The van der Waals surface area contributed by atoms with Crippen molar-refractivity contribution in [2.24, 2.45) is 0 Å². The van der Waals surface area contributed by atoms with Gasteiger partial charge in [-0.1, -0.05) is 6.07 Å². The summed E-state index contributed by atoms with van der Waals surface area (Å²) in [5, 5.41) is 10.1. The number of aromatic hydroxyl groups is 1. The van der Waals surface area contributed by atoms with Gasteiger partial charge in [-0.25, -0.2) is 0 Å². The molecular formula is C17H21NO9. The molecule has 10 heteroatoms. The molecule has 0 aliphatic rings. The fourth-order valence-corrected chi connectivity index (χ4v) is 1.89. The van der Waals surface area contributed by atoms with Crippen molar-refractivity contribution >= 4 is 29.6 Å². The smallest absolute Gasteiger partial charge is 0.328 e. The number of aryl methyl sites for hydroxylation is 1. The summed E-state index contributed by atoms with van der Waals surface area (Å²) in [6.45, 7) is 2.07. The number of hydrogen-bond acceptors (Lipinski definition) is 10. The highest BCUT2D eigenvalue weighted by molar-refractivity contribution is 5.82. The molecule has 10 nitrogen and oxygen atoms in total. The monoisotopic (exact) mass is 383 g/mol. The molecule has 0 aliphatic heterocycles. The normalized spacial score (nSPS) is 9.89. The molecular weight excluding hydrogens is 362 g/mol. The van der Waals surface area contributed by atoms with E-state index in [-0.39, 0.29) is 11.4 Å². The number of esters is 4. The van der Waals surface area contributed by atoms with Gasteiger partial charge in [-0.15, -0.1) is 0 Å². The van der Waals surface area contributed by atoms with Crippen LogP contribution in [-0.4, -0.2) is 55.7 Å². The fourth-order valence-electron chi connectivity index (χ4n) is 1.89. The van der Waals surface area contributed by atoms with Gasteiger partial charge in [0, 0.05) is 13.8 Å². The molecule has 0 saturated carbocycles. The summed E-state index contributed by atoms with van der Waals surface area (Å²) in [5.74, 6) is -3.00. The molecule has 0 saturated heterocycles. The van der Waals surface area contributed by atoms with Crippen molar-refractivity contribution in [2.45, 2.75) is 20.8 Å². The van der Waals surface area contributed by atoms with E-state index in [9.17, 15) is 24.3 Å². The number of benzene rings is 1. The van der Waals surface area contributed by atoms with E-state index in [0.717, 1.165) is 19.4 Å². The molecule has 0 aliphatic carbocycles. The van der Waals surface area contributed by atoms with E-state index < -0.39 is 50.6 Å². The summed E-state index contributed by atoms with van der Waals surface area (Å²) in [5.41, 5.74) is 0.959. The van der Waals surface area contributed by atoms with Gasteiger partial charge in [0.2, 0.25) is 13.6 Å². The Morgan fingerprint density at radius 1 is 0.889 bits per heavy atom. The number of hydrogen-bond donors (Lipinski definition) is 1. The molecule has 1 N–H and O–H groups in total. The minimum Gasteiger partial charge on any atom is -0.506 e. The maximum Gasteiger partial charge on any atom is 0.328 e. The van der Waals surface area contributed by atoms with Crippen LogP contribution >= 0.6 is 0 Å². The Hall–Kier alpha value is -3.30. The van der Waals surface area contributed by atoms with E-state index in [1.807, 2.05) is 0 Å². The van der Waals surface area contributed by atoms with E-state index in [2.05, 4.69) is 9.47 Å². The van der Waals surface area contributed by atoms with E-state index in [1.165, 1.54) is 17.0 Å². The van der Waals surface area contributed by atoms with E-state index in [0.29, 0.717) is 0 Å². The van der Waals surface area contributed by atoms with Gasteiger partial charge in [-0.3, -0.25) is 19.2 Å². The second kappa shape index (κ2) is 10.6. The molecule has 1 aromatic rings. The Kier molecular flexibility index (Phi) is 8.57. The van der Waals surface area contributed by atoms with E-state index in [4.69, 9.17) is 9.47 Å². The van der Waals surface area contributed by atoms with Gasteiger partial charge in [0.05, 0.1) is 5.69 Å². The second-order valence-electron chi connectivity index (χ2n) is 5.39. The molecule has 0 aromatic heterocycles. The van der Waals surface area contributed by atoms with Crippen LogP contribution in [-0.2, 0) is 38.1 Å². The lowest BCUT2D eigenvalue weighted by atomic mass is 10.2. The molecule has 27 heavy (non-hydrogen) atoms. The average Bonchev–Trinajstić information content (AvgIpc) is 2.53. The van der Waals surface area contributed by atoms with Crippen LogP contribution in [0, 0.1) is 6.92 Å². The third kappa shape index (κ3) is 8.56. The number of ether oxygens (including phenoxy) is 4. The largest absolute Gasteiger partial charge is 0.506 e. The van der Waals surface area contributed by atoms with Crippen molar-refractivity contribution < 1.29 is 43.2 Å². The minimum atomic E-state index is -0.802. The van der Waals surface area contributed by atoms with Crippen LogP contribution in [0.2, 0.25) is 0 Å². The van der Waals surface area contributed by atoms with Gasteiger partial charge in [0.1, 0.15) is 18.8 Å². The summed E-state index contributed by atoms with van der Waals surface area (Å²) >= 11 is 0. The highest BCUT2D eigenvalue weighted by atomic mass is 16.7. The fraction of sp³-hybridized carbons (Fsp3) is 0.412. The van der Waals surface area contributed by atoms with Crippen molar-refractivity contribution in [2.75, 3.05) is 31.6 Å². The molecule has 0 radical (unpaired) electrons. The van der Waals surface area contributed by atoms with Crippen LogP contribution < -0.4 is 4.90 Å². The van der Waals surface area contributed by atoms with Crippen molar-refractivity contribution in [3.05, 3.63) is 23.8 Å². The van der Waals surface area contributed by atoms with Gasteiger partial charge >= 0.3 is 23.9 Å². The maximum atomic E-state index is 11.9. The number of carbonyl (C=O) groups is 4. The first-order valence-corrected chi connectivity index (χ1v) is 7.81. The van der Waals surface area contributed by atoms with Crippen LogP contribution in [0.25, 0.3) is 0 Å². The standard InChI is InChI=1S/C17H21NO9/c1-11-4-5-14(15(21)6-11)18(7-16(22)26-9-24-12(2)19)8-17(23)27-10-25-13(3)20/h4-6,21H,7-10H2,1-3H3. The molecule has 1 aromatic carbocycles. The van der Waals surface area contributed by atoms with Crippen molar-refractivity contribution in [1.82, 2.24) is 0 Å². The summed E-state index contributed by atoms with van der Waals surface area (Å²) in [7, 11) is 0. The van der Waals surface area contributed by atoms with Crippen LogP contribution in [0.5, 0.6) is 5.75 Å². The first-order valence-electron chi connectivity index (χ1n) is 7.81. The van der Waals surface area contributed by atoms with Crippen LogP contribution in [0.4, 0.5) is 5.69 Å². The van der Waals surface area contributed by atoms with E-state index >= 15 is 0 Å². The van der Waals surface area contributed by atoms with Crippen LogP contribution in [0.3, 0.4) is 0 Å². The van der Waals surface area contributed by atoms with Gasteiger partial charge in [-0.05, 0) is 24.6 Å². The molecule has 0 unspecified atom stereocenters. The first kappa shape index (κ1) is 21.7. The van der Waals surface area contributed by atoms with Gasteiger partial charge < -0.3 is 29.0 Å². The highest BCUT2D eigenvalue weighted by Gasteiger charge is 2.20. The summed E-state index contributed by atoms with van der Waals surface area (Å²) in [4.78, 5) is 46.4. The zero-order valence-corrected chi connectivity index (χ0v) is 15.2. The lowest BCUT2D eigenvalue weighted by molar-refractivity contribution is -0.165. The maximum absolute atomic E-state index is 11.9. The predicted octanol–water partition coefficient (Wildman–Crippen LogP) is 0.635. The van der Waals surface area contributed by atoms with Gasteiger partial charge in [0.25, 0.3) is 0 Å². The van der Waals surface area contributed by atoms with Crippen molar-refractivity contribution in [1.29, 1.82) is 0 Å². The van der Waals surface area contributed by atoms with Crippen LogP contribution in [0.1, 0.15) is 19.4 Å². The Bertz CT molecular complexity index is 668. The molecule has 1 rings (SSSR count). The van der Waals surface area contributed by atoms with Crippen molar-refractivity contribution in [3.63, 3.8) is 0 Å². The van der Waals surface area contributed by atoms with Gasteiger partial charge in [-0.2, -0.15) is 0 Å². The third-order valence-electron chi connectivity index (χ3n) is 3.08. The molecule has 0 amide bonds. The first-order chi connectivity index (χ1) is 12.7. The molecule has 0 fully saturated rings. The minimum absolute atomic E-state index is 0.157. The number of nitrogens with zero attached hydrogens (tertiary/aromatic N) is 1. The average molecular weight is 383 g/mol. The zero-order chi connectivity index (χ0) is 20.4. The number of rotatable bonds is 9. The number of phenolic OH excluding ortho intramolecular Hbond substituents is 1. The van der Waals surface area contributed by atoms with E-state index in [1.54, 1.807) is 13.0 Å². The number of anilines is 1. The quantitative estimate of drug-likeness (QED) is 0.479. The summed E-state index contributed by atoms with van der Waals surface area (Å²) < 4.78 is 18.5.